The fraction of sp³-hybridized carbons (Fsp3) is 0.714. The Morgan fingerprint density at radius 3 is 2.60 bits per heavy atom. The van der Waals surface area contributed by atoms with Crippen LogP contribution in [0.3, 0.4) is 0 Å². The van der Waals surface area contributed by atoms with Crippen LogP contribution in [0.15, 0.2) is 12.2 Å². The smallest absolute Gasteiger partial charge is 0.200 e. The van der Waals surface area contributed by atoms with Gasteiger partial charge in [-0.15, -0.1) is 0 Å². The van der Waals surface area contributed by atoms with E-state index in [9.17, 15) is 4.57 Å². The van der Waals surface area contributed by atoms with E-state index in [0.717, 1.165) is 24.8 Å². The maximum Gasteiger partial charge on any atom is 0.200 e. The molecule has 0 heterocycles. The zero-order valence-electron chi connectivity index (χ0n) is 6.21. The van der Waals surface area contributed by atoms with Crippen LogP contribution in [0.5, 0.6) is 0 Å². The van der Waals surface area contributed by atoms with E-state index >= 15 is 0 Å². The van der Waals surface area contributed by atoms with Crippen molar-refractivity contribution in [2.75, 3.05) is 6.66 Å². The third-order valence-electron chi connectivity index (χ3n) is 2.03. The molecule has 0 amide bonds. The van der Waals surface area contributed by atoms with Crippen LogP contribution in [0.1, 0.15) is 19.3 Å². The highest BCUT2D eigenvalue weighted by molar-refractivity contribution is 7.57. The number of hydrogen-bond donors (Lipinski definition) is 1. The van der Waals surface area contributed by atoms with Crippen LogP contribution in [-0.4, -0.2) is 17.2 Å². The van der Waals surface area contributed by atoms with Gasteiger partial charge in [-0.05, 0) is 19.3 Å². The monoisotopic (exact) mass is 160 g/mol. The van der Waals surface area contributed by atoms with Crippen molar-refractivity contribution < 1.29 is 9.46 Å². The van der Waals surface area contributed by atoms with Gasteiger partial charge in [0.2, 0.25) is 7.37 Å². The minimum atomic E-state index is -2.81. The molecule has 1 rings (SSSR count). The number of allylic oxidation sites excluding steroid dienone is 1. The summed E-state index contributed by atoms with van der Waals surface area (Å²) in [6.07, 6.45) is 2.54. The van der Waals surface area contributed by atoms with Gasteiger partial charge in [-0.2, -0.15) is 0 Å². The quantitative estimate of drug-likeness (QED) is 0.470. The molecule has 1 unspecified atom stereocenters. The van der Waals surface area contributed by atoms with Crippen molar-refractivity contribution in [2.24, 2.45) is 0 Å². The van der Waals surface area contributed by atoms with E-state index in [2.05, 4.69) is 6.58 Å². The lowest BCUT2D eigenvalue weighted by atomic mass is 10.3. The third-order valence-corrected chi connectivity index (χ3v) is 3.83. The molecule has 2 nitrogen and oxygen atoms in total. The highest BCUT2D eigenvalue weighted by Crippen LogP contribution is 2.50. The van der Waals surface area contributed by atoms with Gasteiger partial charge in [-0.1, -0.05) is 12.2 Å². The minimum Gasteiger partial charge on any atom is -0.344 e. The van der Waals surface area contributed by atoms with Gasteiger partial charge in [0, 0.05) is 12.3 Å². The average Bonchev–Trinajstić information content (AvgIpc) is 2.11. The second kappa shape index (κ2) is 2.52. The van der Waals surface area contributed by atoms with Gasteiger partial charge in [0.05, 0.1) is 0 Å². The Hall–Kier alpha value is -0.0700. The molecular weight excluding hydrogens is 147 g/mol. The van der Waals surface area contributed by atoms with Crippen LogP contribution in [0, 0.1) is 0 Å². The van der Waals surface area contributed by atoms with Crippen molar-refractivity contribution in [2.45, 2.75) is 24.9 Å². The van der Waals surface area contributed by atoms with Gasteiger partial charge in [0.1, 0.15) is 0 Å². The fourth-order valence-electron chi connectivity index (χ4n) is 1.32. The van der Waals surface area contributed by atoms with Crippen LogP contribution in [0.25, 0.3) is 0 Å². The van der Waals surface area contributed by atoms with Crippen LogP contribution >= 0.6 is 7.37 Å². The van der Waals surface area contributed by atoms with Crippen molar-refractivity contribution in [3.63, 3.8) is 0 Å². The Morgan fingerprint density at radius 2 is 2.40 bits per heavy atom. The van der Waals surface area contributed by atoms with E-state index in [4.69, 9.17) is 4.89 Å². The fourth-order valence-corrected chi connectivity index (χ4v) is 2.52. The van der Waals surface area contributed by atoms with Crippen LogP contribution in [0.2, 0.25) is 0 Å². The van der Waals surface area contributed by atoms with Crippen molar-refractivity contribution in [3.05, 3.63) is 12.2 Å². The predicted molar refractivity (Wildman–Crippen MR) is 42.5 cm³/mol. The summed E-state index contributed by atoms with van der Waals surface area (Å²) in [7, 11) is -2.81. The molecule has 0 aromatic rings. The largest absolute Gasteiger partial charge is 0.344 e. The van der Waals surface area contributed by atoms with Crippen LogP contribution < -0.4 is 0 Å². The van der Waals surface area contributed by atoms with Crippen LogP contribution in [0.4, 0.5) is 0 Å². The highest BCUT2D eigenvalue weighted by Gasteiger charge is 2.30. The maximum absolute atomic E-state index is 11.1. The molecule has 0 radical (unpaired) electrons. The summed E-state index contributed by atoms with van der Waals surface area (Å²) in [5.41, 5.74) is 1.13. The van der Waals surface area contributed by atoms with Crippen molar-refractivity contribution >= 4 is 7.37 Å². The molecule has 2 atom stereocenters. The van der Waals surface area contributed by atoms with Crippen molar-refractivity contribution in [3.8, 4) is 0 Å². The minimum absolute atomic E-state index is 0.000000000000000444. The topological polar surface area (TPSA) is 37.3 Å². The zero-order chi connectivity index (χ0) is 7.78. The molecule has 58 valence electrons. The van der Waals surface area contributed by atoms with Crippen molar-refractivity contribution in [1.82, 2.24) is 0 Å². The van der Waals surface area contributed by atoms with E-state index in [1.165, 1.54) is 6.66 Å². The standard InChI is InChI=1S/C7H13O2P/c1-6-3-4-7(5-6)10(2,8)9/h7H,1,3-5H2,2H3,(H,8,9)/t7-/m0/s1. The van der Waals surface area contributed by atoms with E-state index in [1.807, 2.05) is 0 Å². The molecule has 0 aliphatic heterocycles. The van der Waals surface area contributed by atoms with Crippen molar-refractivity contribution in [1.29, 1.82) is 0 Å². The van der Waals surface area contributed by atoms with Gasteiger partial charge in [0.25, 0.3) is 0 Å². The molecular formula is C7H13O2P. The van der Waals surface area contributed by atoms with E-state index in [-0.39, 0.29) is 5.66 Å². The summed E-state index contributed by atoms with van der Waals surface area (Å²) in [5, 5.41) is 0. The lowest BCUT2D eigenvalue weighted by molar-refractivity contribution is 0.470. The summed E-state index contributed by atoms with van der Waals surface area (Å²) in [6, 6.07) is 0. The maximum atomic E-state index is 11.1. The highest BCUT2D eigenvalue weighted by atomic mass is 31.2. The molecule has 0 aromatic carbocycles. The van der Waals surface area contributed by atoms with Crippen LogP contribution in [-0.2, 0) is 4.57 Å². The molecule has 0 bridgehead atoms. The summed E-state index contributed by atoms with van der Waals surface area (Å²) >= 11 is 0. The Balaban J connectivity index is 2.62. The lowest BCUT2D eigenvalue weighted by Gasteiger charge is -2.11. The molecule has 1 saturated carbocycles. The summed E-state index contributed by atoms with van der Waals surface area (Å²) in [6.45, 7) is 5.23. The SMILES string of the molecule is C=C1CC[C@H](P(C)(=O)O)C1. The van der Waals surface area contributed by atoms with Gasteiger partial charge in [-0.3, -0.25) is 4.57 Å². The molecule has 0 saturated heterocycles. The summed E-state index contributed by atoms with van der Waals surface area (Å²) in [5.74, 6) is 0. The first-order chi connectivity index (χ1) is 4.50. The predicted octanol–water partition coefficient (Wildman–Crippen LogP) is 2.00. The van der Waals surface area contributed by atoms with E-state index in [0.29, 0.717) is 0 Å². The Morgan fingerprint density at radius 1 is 1.80 bits per heavy atom. The first-order valence-electron chi connectivity index (χ1n) is 3.47. The zero-order valence-corrected chi connectivity index (χ0v) is 7.10. The molecule has 1 N–H and O–H groups in total. The summed E-state index contributed by atoms with van der Waals surface area (Å²) < 4.78 is 11.1. The van der Waals surface area contributed by atoms with Gasteiger partial charge in [-0.25, -0.2) is 0 Å². The second-order valence-electron chi connectivity index (χ2n) is 3.09. The van der Waals surface area contributed by atoms with Gasteiger partial charge < -0.3 is 4.89 Å². The Kier molecular flexibility index (Phi) is 2.02. The number of hydrogen-bond acceptors (Lipinski definition) is 1. The molecule has 10 heavy (non-hydrogen) atoms. The Bertz CT molecular complexity index is 192. The molecule has 1 fully saturated rings. The molecule has 1 aliphatic carbocycles. The molecule has 1 aliphatic rings. The second-order valence-corrected chi connectivity index (χ2v) is 5.71. The van der Waals surface area contributed by atoms with E-state index in [1.54, 1.807) is 0 Å². The third kappa shape index (κ3) is 1.71. The van der Waals surface area contributed by atoms with Gasteiger partial charge in [0.15, 0.2) is 0 Å². The Labute approximate surface area is 61.4 Å². The first-order valence-corrected chi connectivity index (χ1v) is 5.64. The normalized spacial score (nSPS) is 32.2. The summed E-state index contributed by atoms with van der Waals surface area (Å²) in [4.78, 5) is 9.15. The molecule has 3 heteroatoms. The first kappa shape index (κ1) is 8.03. The average molecular weight is 160 g/mol. The lowest BCUT2D eigenvalue weighted by Crippen LogP contribution is -2.00. The number of rotatable bonds is 1. The van der Waals surface area contributed by atoms with E-state index < -0.39 is 7.37 Å². The molecule has 0 aromatic heterocycles. The van der Waals surface area contributed by atoms with Gasteiger partial charge >= 0.3 is 0 Å². The molecule has 0 spiro atoms.